The Kier molecular flexibility index (Phi) is 3.16. The second kappa shape index (κ2) is 4.98. The number of hydrogen-bond donors (Lipinski definition) is 1. The largest absolute Gasteiger partial charge is 0.419 e. The van der Waals surface area contributed by atoms with Crippen molar-refractivity contribution in [2.75, 3.05) is 6.54 Å². The zero-order chi connectivity index (χ0) is 14.1. The van der Waals surface area contributed by atoms with Crippen molar-refractivity contribution in [1.29, 1.82) is 0 Å². The van der Waals surface area contributed by atoms with Gasteiger partial charge in [0.15, 0.2) is 5.58 Å². The molecular weight excluding hydrogens is 252 g/mol. The van der Waals surface area contributed by atoms with Gasteiger partial charge in [0.1, 0.15) is 0 Å². The molecule has 20 heavy (non-hydrogen) atoms. The van der Waals surface area contributed by atoms with E-state index in [0.29, 0.717) is 12.1 Å². The summed E-state index contributed by atoms with van der Waals surface area (Å²) in [6, 6.07) is 15.9. The zero-order valence-electron chi connectivity index (χ0n) is 11.2. The molecule has 4 heteroatoms. The summed E-state index contributed by atoms with van der Waals surface area (Å²) in [6.45, 7) is 0.507. The van der Waals surface area contributed by atoms with E-state index in [9.17, 15) is 4.79 Å². The van der Waals surface area contributed by atoms with Gasteiger partial charge in [0, 0.05) is 19.5 Å². The topological polar surface area (TPSA) is 61.2 Å². The molecule has 2 N–H and O–H groups in total. The summed E-state index contributed by atoms with van der Waals surface area (Å²) in [6.07, 6.45) is 0. The summed E-state index contributed by atoms with van der Waals surface area (Å²) in [5, 5.41) is 0. The average Bonchev–Trinajstić information content (AvgIpc) is 2.76. The first-order valence-electron chi connectivity index (χ1n) is 6.55. The summed E-state index contributed by atoms with van der Waals surface area (Å²) < 4.78 is 6.74. The Labute approximate surface area is 116 Å². The summed E-state index contributed by atoms with van der Waals surface area (Å²) in [7, 11) is 1.70. The predicted molar refractivity (Wildman–Crippen MR) is 78.8 cm³/mol. The Balaban J connectivity index is 2.11. The van der Waals surface area contributed by atoms with Crippen LogP contribution in [0.5, 0.6) is 0 Å². The summed E-state index contributed by atoms with van der Waals surface area (Å²) >= 11 is 0. The minimum absolute atomic E-state index is 0.103. The fraction of sp³-hybridized carbons (Fsp3) is 0.188. The summed E-state index contributed by atoms with van der Waals surface area (Å²) in [5.74, 6) is -0.243. The Morgan fingerprint density at radius 3 is 2.60 bits per heavy atom. The molecule has 1 atom stereocenters. The van der Waals surface area contributed by atoms with Crippen molar-refractivity contribution in [2.45, 2.75) is 5.92 Å². The lowest BCUT2D eigenvalue weighted by Crippen LogP contribution is -2.13. The van der Waals surface area contributed by atoms with E-state index >= 15 is 0 Å². The van der Waals surface area contributed by atoms with E-state index in [2.05, 4.69) is 12.1 Å². The first-order valence-corrected chi connectivity index (χ1v) is 6.55. The maximum absolute atomic E-state index is 11.5. The first-order chi connectivity index (χ1) is 9.70. The van der Waals surface area contributed by atoms with Gasteiger partial charge in [-0.05, 0) is 23.3 Å². The number of oxazole rings is 1. The number of aryl methyl sites for hydroxylation is 1. The molecule has 0 fully saturated rings. The van der Waals surface area contributed by atoms with Crippen LogP contribution in [0.1, 0.15) is 17.0 Å². The highest BCUT2D eigenvalue weighted by molar-refractivity contribution is 5.74. The summed E-state index contributed by atoms with van der Waals surface area (Å²) in [5.41, 5.74) is 9.53. The van der Waals surface area contributed by atoms with Crippen molar-refractivity contribution in [3.8, 4) is 0 Å². The van der Waals surface area contributed by atoms with Gasteiger partial charge in [0.25, 0.3) is 0 Å². The molecule has 0 aliphatic rings. The monoisotopic (exact) mass is 268 g/mol. The standard InChI is InChI=1S/C16H16N2O2/c1-18-14-8-7-12(9-15(14)20-16(18)19)13(10-17)11-5-3-2-4-6-11/h2-9,13H,10,17H2,1H3. The third-order valence-electron chi connectivity index (χ3n) is 3.66. The van der Waals surface area contributed by atoms with Crippen molar-refractivity contribution in [3.63, 3.8) is 0 Å². The average molecular weight is 268 g/mol. The van der Waals surface area contributed by atoms with Gasteiger partial charge in [-0.1, -0.05) is 36.4 Å². The van der Waals surface area contributed by atoms with E-state index in [4.69, 9.17) is 10.2 Å². The highest BCUT2D eigenvalue weighted by Crippen LogP contribution is 2.26. The predicted octanol–water partition coefficient (Wildman–Crippen LogP) is 2.22. The Bertz CT molecular complexity index is 787. The van der Waals surface area contributed by atoms with Crippen molar-refractivity contribution >= 4 is 11.1 Å². The van der Waals surface area contributed by atoms with Crippen molar-refractivity contribution < 1.29 is 4.42 Å². The van der Waals surface area contributed by atoms with Crippen LogP contribution >= 0.6 is 0 Å². The van der Waals surface area contributed by atoms with E-state index in [1.807, 2.05) is 36.4 Å². The molecule has 0 spiro atoms. The normalized spacial score (nSPS) is 12.7. The van der Waals surface area contributed by atoms with Crippen LogP contribution in [0, 0.1) is 0 Å². The highest BCUT2D eigenvalue weighted by Gasteiger charge is 2.14. The van der Waals surface area contributed by atoms with Crippen molar-refractivity contribution in [1.82, 2.24) is 4.57 Å². The Morgan fingerprint density at radius 1 is 1.15 bits per heavy atom. The van der Waals surface area contributed by atoms with Gasteiger partial charge in [-0.2, -0.15) is 0 Å². The van der Waals surface area contributed by atoms with Crippen LogP contribution in [0.4, 0.5) is 0 Å². The van der Waals surface area contributed by atoms with E-state index in [1.54, 1.807) is 7.05 Å². The molecule has 3 rings (SSSR count). The minimum atomic E-state index is -0.346. The summed E-state index contributed by atoms with van der Waals surface area (Å²) in [4.78, 5) is 11.5. The van der Waals surface area contributed by atoms with Gasteiger partial charge >= 0.3 is 5.76 Å². The molecule has 0 saturated heterocycles. The number of rotatable bonds is 3. The minimum Gasteiger partial charge on any atom is -0.408 e. The van der Waals surface area contributed by atoms with Crippen molar-refractivity contribution in [3.05, 3.63) is 70.2 Å². The van der Waals surface area contributed by atoms with Crippen LogP contribution in [-0.4, -0.2) is 11.1 Å². The maximum atomic E-state index is 11.5. The number of fused-ring (bicyclic) bond motifs is 1. The Hall–Kier alpha value is -2.33. The molecule has 102 valence electrons. The highest BCUT2D eigenvalue weighted by atomic mass is 16.4. The lowest BCUT2D eigenvalue weighted by Gasteiger charge is -2.15. The molecule has 4 nitrogen and oxygen atoms in total. The van der Waals surface area contributed by atoms with Crippen LogP contribution < -0.4 is 11.5 Å². The fourth-order valence-electron chi connectivity index (χ4n) is 2.52. The number of nitrogens with two attached hydrogens (primary N) is 1. The van der Waals surface area contributed by atoms with Crippen LogP contribution in [-0.2, 0) is 7.05 Å². The fourth-order valence-corrected chi connectivity index (χ4v) is 2.52. The zero-order valence-corrected chi connectivity index (χ0v) is 11.2. The lowest BCUT2D eigenvalue weighted by molar-refractivity contribution is 0.527. The van der Waals surface area contributed by atoms with E-state index < -0.39 is 0 Å². The van der Waals surface area contributed by atoms with Crippen LogP contribution in [0.25, 0.3) is 11.1 Å². The van der Waals surface area contributed by atoms with E-state index in [1.165, 1.54) is 4.57 Å². The molecule has 1 unspecified atom stereocenters. The molecule has 0 amide bonds. The molecule has 0 bridgehead atoms. The number of hydrogen-bond acceptors (Lipinski definition) is 3. The third-order valence-corrected chi connectivity index (χ3v) is 3.66. The lowest BCUT2D eigenvalue weighted by atomic mass is 9.91. The number of aromatic nitrogens is 1. The smallest absolute Gasteiger partial charge is 0.408 e. The number of nitrogens with zero attached hydrogens (tertiary/aromatic N) is 1. The molecule has 0 saturated carbocycles. The van der Waals surface area contributed by atoms with Gasteiger partial charge in [-0.25, -0.2) is 4.79 Å². The van der Waals surface area contributed by atoms with E-state index in [0.717, 1.165) is 16.6 Å². The van der Waals surface area contributed by atoms with Gasteiger partial charge in [-0.15, -0.1) is 0 Å². The molecule has 3 aromatic rings. The van der Waals surface area contributed by atoms with Crippen LogP contribution in [0.15, 0.2) is 57.7 Å². The van der Waals surface area contributed by atoms with Gasteiger partial charge < -0.3 is 10.2 Å². The van der Waals surface area contributed by atoms with Gasteiger partial charge in [0.05, 0.1) is 5.52 Å². The quantitative estimate of drug-likeness (QED) is 0.792. The second-order valence-electron chi connectivity index (χ2n) is 4.85. The SMILES string of the molecule is Cn1c(=O)oc2cc(C(CN)c3ccccc3)ccc21. The van der Waals surface area contributed by atoms with E-state index in [-0.39, 0.29) is 11.7 Å². The second-order valence-corrected chi connectivity index (χ2v) is 4.85. The molecule has 0 aliphatic carbocycles. The van der Waals surface area contributed by atoms with Crippen LogP contribution in [0.2, 0.25) is 0 Å². The van der Waals surface area contributed by atoms with Crippen molar-refractivity contribution in [2.24, 2.45) is 12.8 Å². The molecular formula is C16H16N2O2. The molecule has 0 aliphatic heterocycles. The molecule has 2 aromatic carbocycles. The maximum Gasteiger partial charge on any atom is 0.419 e. The first kappa shape index (κ1) is 12.7. The third kappa shape index (κ3) is 2.04. The van der Waals surface area contributed by atoms with Gasteiger partial charge in [-0.3, -0.25) is 4.57 Å². The number of benzene rings is 2. The van der Waals surface area contributed by atoms with Gasteiger partial charge in [0.2, 0.25) is 0 Å². The molecule has 0 radical (unpaired) electrons. The molecule has 1 aromatic heterocycles. The Morgan fingerprint density at radius 2 is 1.90 bits per heavy atom. The molecule has 1 heterocycles. The van der Waals surface area contributed by atoms with Crippen LogP contribution in [0.3, 0.4) is 0 Å².